The van der Waals surface area contributed by atoms with E-state index >= 15 is 0 Å². The molecule has 1 aliphatic heterocycles. The Morgan fingerprint density at radius 2 is 2.11 bits per heavy atom. The number of aromatic nitrogens is 1. The molecule has 1 aromatic heterocycles. The number of aryl methyl sites for hydroxylation is 1. The van der Waals surface area contributed by atoms with Gasteiger partial charge in [0.05, 0.1) is 12.7 Å². The quantitative estimate of drug-likeness (QED) is 0.414. The van der Waals surface area contributed by atoms with Crippen molar-refractivity contribution >= 4 is 22.8 Å². The van der Waals surface area contributed by atoms with Crippen molar-refractivity contribution in [3.8, 4) is 17.6 Å². The van der Waals surface area contributed by atoms with E-state index < -0.39 is 0 Å². The zero-order valence-corrected chi connectivity index (χ0v) is 15.6. The maximum atomic E-state index is 13.1. The second-order valence-corrected chi connectivity index (χ2v) is 6.58. The minimum atomic E-state index is -0.293. The molecule has 28 heavy (non-hydrogen) atoms. The average molecular weight is 370 g/mol. The van der Waals surface area contributed by atoms with E-state index in [1.54, 1.807) is 13.2 Å². The molecule has 138 valence electrons. The number of ether oxygens (including phenoxy) is 2. The molecule has 0 bridgehead atoms. The average Bonchev–Trinajstić information content (AvgIpc) is 3.06. The monoisotopic (exact) mass is 370 g/mol. The van der Waals surface area contributed by atoms with Gasteiger partial charge in [-0.1, -0.05) is 18.2 Å². The molecule has 1 aliphatic rings. The van der Waals surface area contributed by atoms with Crippen molar-refractivity contribution in [1.29, 1.82) is 5.26 Å². The number of benzene rings is 2. The number of fused-ring (bicyclic) bond motifs is 2. The first kappa shape index (κ1) is 17.6. The number of H-pyrrole nitrogens is 1. The van der Waals surface area contributed by atoms with E-state index in [1.807, 2.05) is 55.5 Å². The highest BCUT2D eigenvalue weighted by Crippen LogP contribution is 2.31. The summed E-state index contributed by atoms with van der Waals surface area (Å²) >= 11 is 0. The van der Waals surface area contributed by atoms with Gasteiger partial charge in [0, 0.05) is 28.2 Å². The highest BCUT2D eigenvalue weighted by atomic mass is 16.5. The van der Waals surface area contributed by atoms with Crippen molar-refractivity contribution in [3.05, 3.63) is 76.5 Å². The van der Waals surface area contributed by atoms with Gasteiger partial charge >= 0.3 is 0 Å². The van der Waals surface area contributed by atoms with E-state index in [0.29, 0.717) is 17.1 Å². The summed E-state index contributed by atoms with van der Waals surface area (Å²) in [6.45, 7) is 2.13. The number of Topliss-reactive ketones (excluding diaryl/α,β-unsaturated/α-hetero) is 1. The Bertz CT molecular complexity index is 1190. The molecule has 1 N–H and O–H groups in total. The van der Waals surface area contributed by atoms with Gasteiger partial charge in [-0.3, -0.25) is 4.79 Å². The van der Waals surface area contributed by atoms with Crippen LogP contribution in [0.2, 0.25) is 0 Å². The highest BCUT2D eigenvalue weighted by Gasteiger charge is 2.21. The topological polar surface area (TPSA) is 75.1 Å². The van der Waals surface area contributed by atoms with Crippen molar-refractivity contribution in [2.24, 2.45) is 0 Å². The number of ketones is 1. The first-order chi connectivity index (χ1) is 13.6. The smallest absolute Gasteiger partial charge is 0.205 e. The summed E-state index contributed by atoms with van der Waals surface area (Å²) in [4.78, 5) is 16.3. The lowest BCUT2D eigenvalue weighted by Crippen LogP contribution is -2.09. The molecule has 0 radical (unpaired) electrons. The number of nitrogens with zero attached hydrogens (tertiary/aromatic N) is 1. The molecule has 0 saturated heterocycles. The fourth-order valence-corrected chi connectivity index (χ4v) is 3.41. The van der Waals surface area contributed by atoms with Crippen LogP contribution in [0, 0.1) is 18.3 Å². The van der Waals surface area contributed by atoms with Crippen LogP contribution in [0.5, 0.6) is 11.5 Å². The van der Waals surface area contributed by atoms with Crippen LogP contribution < -0.4 is 9.47 Å². The Morgan fingerprint density at radius 1 is 1.29 bits per heavy atom. The van der Waals surface area contributed by atoms with Crippen LogP contribution in [0.1, 0.15) is 21.6 Å². The summed E-state index contributed by atoms with van der Waals surface area (Å²) in [6.07, 6.45) is 3.53. The van der Waals surface area contributed by atoms with Gasteiger partial charge in [0.2, 0.25) is 5.78 Å². The van der Waals surface area contributed by atoms with Gasteiger partial charge in [0.1, 0.15) is 29.7 Å². The van der Waals surface area contributed by atoms with Crippen LogP contribution in [0.25, 0.3) is 17.0 Å². The normalized spacial score (nSPS) is 13.3. The van der Waals surface area contributed by atoms with Gasteiger partial charge in [-0.15, -0.1) is 0 Å². The number of carbonyl (C=O) groups is 1. The number of hydrogen-bond donors (Lipinski definition) is 1. The second kappa shape index (κ2) is 7.09. The summed E-state index contributed by atoms with van der Waals surface area (Å²) in [5.74, 6) is 1.14. The van der Waals surface area contributed by atoms with E-state index in [4.69, 9.17) is 9.47 Å². The molecule has 0 spiro atoms. The van der Waals surface area contributed by atoms with Gasteiger partial charge in [-0.2, -0.15) is 5.26 Å². The van der Waals surface area contributed by atoms with Crippen molar-refractivity contribution in [2.75, 3.05) is 13.7 Å². The fraction of sp³-hybridized carbons (Fsp3) is 0.130. The van der Waals surface area contributed by atoms with Gasteiger partial charge in [-0.25, -0.2) is 0 Å². The van der Waals surface area contributed by atoms with Gasteiger partial charge < -0.3 is 14.5 Å². The summed E-state index contributed by atoms with van der Waals surface area (Å²) < 4.78 is 11.0. The lowest BCUT2D eigenvalue weighted by Gasteiger charge is -2.17. The molecule has 2 heterocycles. The van der Waals surface area contributed by atoms with E-state index in [-0.39, 0.29) is 18.0 Å². The lowest BCUT2D eigenvalue weighted by molar-refractivity contribution is 0.104. The van der Waals surface area contributed by atoms with Crippen LogP contribution >= 0.6 is 0 Å². The van der Waals surface area contributed by atoms with E-state index in [9.17, 15) is 10.1 Å². The Labute approximate surface area is 162 Å². The third-order valence-corrected chi connectivity index (χ3v) is 4.77. The molecule has 0 aliphatic carbocycles. The Morgan fingerprint density at radius 3 is 2.89 bits per heavy atom. The number of aromatic amines is 1. The highest BCUT2D eigenvalue weighted by molar-refractivity contribution is 6.19. The van der Waals surface area contributed by atoms with Crippen molar-refractivity contribution in [1.82, 2.24) is 4.98 Å². The second-order valence-electron chi connectivity index (χ2n) is 6.58. The summed E-state index contributed by atoms with van der Waals surface area (Å²) in [7, 11) is 1.60. The number of rotatable bonds is 4. The van der Waals surface area contributed by atoms with Gasteiger partial charge in [0.25, 0.3) is 0 Å². The van der Waals surface area contributed by atoms with E-state index in [2.05, 4.69) is 11.1 Å². The number of allylic oxidation sites excluding steroid dienone is 1. The Hall–Kier alpha value is -3.78. The standard InChI is InChI=1S/C23H18N2O3/c1-14-22(19-5-3-4-6-20(19)25-14)23(26)17(12-24)10-15-9-16-7-8-18(27-2)11-21(16)28-13-15/h3-11,25H,13H2,1-2H3/b17-10+. The molecule has 5 nitrogen and oxygen atoms in total. The molecule has 2 aromatic carbocycles. The predicted octanol–water partition coefficient (Wildman–Crippen LogP) is 4.59. The third kappa shape index (κ3) is 3.06. The third-order valence-electron chi connectivity index (χ3n) is 4.77. The number of carbonyl (C=O) groups excluding carboxylic acids is 1. The minimum absolute atomic E-state index is 0.0830. The predicted molar refractivity (Wildman–Crippen MR) is 108 cm³/mol. The molecule has 0 fully saturated rings. The maximum absolute atomic E-state index is 13.1. The minimum Gasteiger partial charge on any atom is -0.497 e. The summed E-state index contributed by atoms with van der Waals surface area (Å²) in [5.41, 5.74) is 3.89. The Balaban J connectivity index is 1.71. The zero-order chi connectivity index (χ0) is 19.7. The van der Waals surface area contributed by atoms with Crippen LogP contribution in [0.4, 0.5) is 0 Å². The van der Waals surface area contributed by atoms with Crippen LogP contribution in [-0.2, 0) is 0 Å². The summed E-state index contributed by atoms with van der Waals surface area (Å²) in [5, 5.41) is 10.4. The molecule has 5 heteroatoms. The maximum Gasteiger partial charge on any atom is 0.205 e. The van der Waals surface area contributed by atoms with Crippen LogP contribution in [0.15, 0.2) is 59.7 Å². The Kier molecular flexibility index (Phi) is 4.46. The zero-order valence-electron chi connectivity index (χ0n) is 15.6. The van der Waals surface area contributed by atoms with E-state index in [1.165, 1.54) is 0 Å². The van der Waals surface area contributed by atoms with Gasteiger partial charge in [0.15, 0.2) is 0 Å². The van der Waals surface area contributed by atoms with Crippen molar-refractivity contribution in [2.45, 2.75) is 6.92 Å². The summed E-state index contributed by atoms with van der Waals surface area (Å²) in [6, 6.07) is 15.2. The number of nitriles is 1. The number of nitrogens with one attached hydrogen (secondary N) is 1. The molecule has 4 rings (SSSR count). The number of hydrogen-bond acceptors (Lipinski definition) is 4. The first-order valence-electron chi connectivity index (χ1n) is 8.86. The first-order valence-corrected chi connectivity index (χ1v) is 8.86. The largest absolute Gasteiger partial charge is 0.497 e. The van der Waals surface area contributed by atoms with Gasteiger partial charge in [-0.05, 0) is 42.8 Å². The van der Waals surface area contributed by atoms with Crippen LogP contribution in [-0.4, -0.2) is 24.5 Å². The molecular formula is C23H18N2O3. The SMILES string of the molecule is COc1ccc2c(c1)OCC(/C=C(\C#N)C(=O)c1c(C)[nH]c3ccccc13)=C2. The molecule has 0 unspecified atom stereocenters. The molecule has 0 atom stereocenters. The van der Waals surface area contributed by atoms with Crippen molar-refractivity contribution in [3.63, 3.8) is 0 Å². The number of para-hydroxylation sites is 1. The van der Waals surface area contributed by atoms with Crippen molar-refractivity contribution < 1.29 is 14.3 Å². The van der Waals surface area contributed by atoms with Crippen LogP contribution in [0.3, 0.4) is 0 Å². The molecule has 0 amide bonds. The molecular weight excluding hydrogens is 352 g/mol. The molecule has 0 saturated carbocycles. The fourth-order valence-electron chi connectivity index (χ4n) is 3.41. The lowest BCUT2D eigenvalue weighted by atomic mass is 9.98. The number of methoxy groups -OCH3 is 1. The molecule has 3 aromatic rings. The van der Waals surface area contributed by atoms with E-state index in [0.717, 1.165) is 27.7 Å².